The second kappa shape index (κ2) is 5.59. The Morgan fingerprint density at radius 2 is 1.84 bits per heavy atom. The topological polar surface area (TPSA) is 37.3 Å². The Balaban J connectivity index is 2.48. The highest BCUT2D eigenvalue weighted by Crippen LogP contribution is 2.30. The lowest BCUT2D eigenvalue weighted by molar-refractivity contribution is -0.136. The molecule has 98 valence electrons. The van der Waals surface area contributed by atoms with E-state index in [0.29, 0.717) is 26.7 Å². The first-order chi connectivity index (χ1) is 8.97. The van der Waals surface area contributed by atoms with Crippen molar-refractivity contribution in [1.29, 1.82) is 0 Å². The van der Waals surface area contributed by atoms with Crippen LogP contribution in [0.3, 0.4) is 0 Å². The molecule has 1 N–H and O–H groups in total. The SMILES string of the molecule is O=C(O)Cc1ccc(F)c(-c2ccc(Cl)c(Cl)c2)c1. The number of carboxylic acids is 1. The monoisotopic (exact) mass is 298 g/mol. The predicted molar refractivity (Wildman–Crippen MR) is 73.2 cm³/mol. The Labute approximate surface area is 119 Å². The van der Waals surface area contributed by atoms with Gasteiger partial charge in [0.15, 0.2) is 0 Å². The Hall–Kier alpha value is -1.58. The van der Waals surface area contributed by atoms with Crippen LogP contribution in [0.5, 0.6) is 0 Å². The molecule has 2 nitrogen and oxygen atoms in total. The lowest BCUT2D eigenvalue weighted by atomic mass is 10.0. The zero-order chi connectivity index (χ0) is 14.0. The Morgan fingerprint density at radius 1 is 1.11 bits per heavy atom. The third-order valence-electron chi connectivity index (χ3n) is 2.62. The maximum absolute atomic E-state index is 13.8. The van der Waals surface area contributed by atoms with Gasteiger partial charge in [-0.05, 0) is 35.4 Å². The fourth-order valence-corrected chi connectivity index (χ4v) is 2.04. The van der Waals surface area contributed by atoms with Gasteiger partial charge in [0.1, 0.15) is 5.82 Å². The van der Waals surface area contributed by atoms with Gasteiger partial charge in [0.2, 0.25) is 0 Å². The minimum atomic E-state index is -0.966. The van der Waals surface area contributed by atoms with E-state index in [1.807, 2.05) is 0 Å². The Bertz CT molecular complexity index is 641. The van der Waals surface area contributed by atoms with Gasteiger partial charge in [0, 0.05) is 5.56 Å². The number of aliphatic carboxylic acids is 1. The minimum Gasteiger partial charge on any atom is -0.481 e. The third-order valence-corrected chi connectivity index (χ3v) is 3.36. The van der Waals surface area contributed by atoms with Gasteiger partial charge in [-0.2, -0.15) is 0 Å². The van der Waals surface area contributed by atoms with Gasteiger partial charge < -0.3 is 5.11 Å². The molecule has 2 aromatic carbocycles. The van der Waals surface area contributed by atoms with Gasteiger partial charge >= 0.3 is 5.97 Å². The number of hydrogen-bond donors (Lipinski definition) is 1. The maximum atomic E-state index is 13.8. The third kappa shape index (κ3) is 3.25. The average Bonchev–Trinajstić information content (AvgIpc) is 2.34. The molecule has 0 saturated carbocycles. The average molecular weight is 299 g/mol. The highest BCUT2D eigenvalue weighted by Gasteiger charge is 2.10. The molecule has 0 aliphatic carbocycles. The molecule has 0 saturated heterocycles. The van der Waals surface area contributed by atoms with Crippen molar-refractivity contribution in [3.05, 3.63) is 57.8 Å². The Morgan fingerprint density at radius 3 is 2.47 bits per heavy atom. The molecule has 2 rings (SSSR count). The number of benzene rings is 2. The fraction of sp³-hybridized carbons (Fsp3) is 0.0714. The molecule has 0 bridgehead atoms. The summed E-state index contributed by atoms with van der Waals surface area (Å²) in [6.07, 6.45) is -0.158. The quantitative estimate of drug-likeness (QED) is 0.910. The summed E-state index contributed by atoms with van der Waals surface area (Å²) in [5.41, 5.74) is 1.38. The van der Waals surface area contributed by atoms with Gasteiger partial charge in [0.05, 0.1) is 16.5 Å². The van der Waals surface area contributed by atoms with E-state index in [4.69, 9.17) is 28.3 Å². The molecular formula is C14H9Cl2FO2. The summed E-state index contributed by atoms with van der Waals surface area (Å²) in [5, 5.41) is 9.45. The summed E-state index contributed by atoms with van der Waals surface area (Å²) < 4.78 is 13.8. The van der Waals surface area contributed by atoms with Gasteiger partial charge in [-0.3, -0.25) is 4.79 Å². The zero-order valence-electron chi connectivity index (χ0n) is 9.66. The van der Waals surface area contributed by atoms with E-state index in [-0.39, 0.29) is 6.42 Å². The molecule has 0 fully saturated rings. The molecule has 0 aromatic heterocycles. The van der Waals surface area contributed by atoms with Crippen LogP contribution in [0.25, 0.3) is 11.1 Å². The fourth-order valence-electron chi connectivity index (χ4n) is 1.74. The van der Waals surface area contributed by atoms with Crippen LogP contribution in [0.1, 0.15) is 5.56 Å². The lowest BCUT2D eigenvalue weighted by Crippen LogP contribution is -2.00. The summed E-state index contributed by atoms with van der Waals surface area (Å²) in [7, 11) is 0. The number of carboxylic acid groups (broad SMARTS) is 1. The predicted octanol–water partition coefficient (Wildman–Crippen LogP) is 4.43. The second-order valence-corrected chi connectivity index (χ2v) is 4.83. The molecular weight excluding hydrogens is 290 g/mol. The van der Waals surface area contributed by atoms with Crippen molar-refractivity contribution in [1.82, 2.24) is 0 Å². The van der Waals surface area contributed by atoms with E-state index in [0.717, 1.165) is 0 Å². The highest BCUT2D eigenvalue weighted by molar-refractivity contribution is 6.42. The standard InChI is InChI=1S/C14H9Cl2FO2/c15-11-3-2-9(7-12(11)16)10-5-8(6-14(18)19)1-4-13(10)17/h1-5,7H,6H2,(H,18,19). The molecule has 0 heterocycles. The minimum absolute atomic E-state index is 0.158. The molecule has 0 aliphatic rings. The number of rotatable bonds is 3. The maximum Gasteiger partial charge on any atom is 0.307 e. The summed E-state index contributed by atoms with van der Waals surface area (Å²) in [5.74, 6) is -1.40. The molecule has 2 aromatic rings. The molecule has 0 aliphatic heterocycles. The number of hydrogen-bond acceptors (Lipinski definition) is 1. The lowest BCUT2D eigenvalue weighted by Gasteiger charge is -2.07. The molecule has 0 radical (unpaired) electrons. The second-order valence-electron chi connectivity index (χ2n) is 4.01. The largest absolute Gasteiger partial charge is 0.481 e. The summed E-state index contributed by atoms with van der Waals surface area (Å²) in [4.78, 5) is 10.7. The molecule has 0 amide bonds. The van der Waals surface area contributed by atoms with Crippen LogP contribution in [-0.2, 0) is 11.2 Å². The van der Waals surface area contributed by atoms with Crippen LogP contribution in [0.4, 0.5) is 4.39 Å². The van der Waals surface area contributed by atoms with Crippen LogP contribution < -0.4 is 0 Å². The van der Waals surface area contributed by atoms with Gasteiger partial charge in [-0.25, -0.2) is 4.39 Å². The molecule has 0 spiro atoms. The van der Waals surface area contributed by atoms with Crippen molar-refractivity contribution in [3.8, 4) is 11.1 Å². The van der Waals surface area contributed by atoms with Crippen molar-refractivity contribution >= 4 is 29.2 Å². The molecule has 5 heteroatoms. The van der Waals surface area contributed by atoms with E-state index in [1.165, 1.54) is 18.2 Å². The van der Waals surface area contributed by atoms with Crippen molar-refractivity contribution in [3.63, 3.8) is 0 Å². The van der Waals surface area contributed by atoms with E-state index in [1.54, 1.807) is 18.2 Å². The van der Waals surface area contributed by atoms with Gasteiger partial charge in [-0.1, -0.05) is 35.3 Å². The first-order valence-electron chi connectivity index (χ1n) is 5.43. The molecule has 0 atom stereocenters. The van der Waals surface area contributed by atoms with Crippen molar-refractivity contribution in [2.24, 2.45) is 0 Å². The van der Waals surface area contributed by atoms with E-state index >= 15 is 0 Å². The normalized spacial score (nSPS) is 10.5. The zero-order valence-corrected chi connectivity index (χ0v) is 11.2. The van der Waals surface area contributed by atoms with Crippen LogP contribution in [0, 0.1) is 5.82 Å². The summed E-state index contributed by atoms with van der Waals surface area (Å²) in [6, 6.07) is 8.95. The van der Waals surface area contributed by atoms with E-state index in [2.05, 4.69) is 0 Å². The first-order valence-corrected chi connectivity index (χ1v) is 6.18. The number of carbonyl (C=O) groups is 1. The van der Waals surface area contributed by atoms with Crippen molar-refractivity contribution < 1.29 is 14.3 Å². The molecule has 19 heavy (non-hydrogen) atoms. The van der Waals surface area contributed by atoms with Gasteiger partial charge in [-0.15, -0.1) is 0 Å². The van der Waals surface area contributed by atoms with E-state index < -0.39 is 11.8 Å². The number of halogens is 3. The van der Waals surface area contributed by atoms with Crippen LogP contribution in [0.2, 0.25) is 10.0 Å². The smallest absolute Gasteiger partial charge is 0.307 e. The summed E-state index contributed by atoms with van der Waals surface area (Å²) >= 11 is 11.7. The van der Waals surface area contributed by atoms with Crippen LogP contribution in [-0.4, -0.2) is 11.1 Å². The first kappa shape index (κ1) is 13.8. The van der Waals surface area contributed by atoms with Gasteiger partial charge in [0.25, 0.3) is 0 Å². The Kier molecular flexibility index (Phi) is 4.08. The van der Waals surface area contributed by atoms with Crippen LogP contribution >= 0.6 is 23.2 Å². The van der Waals surface area contributed by atoms with Crippen molar-refractivity contribution in [2.45, 2.75) is 6.42 Å². The molecule has 0 unspecified atom stereocenters. The van der Waals surface area contributed by atoms with Crippen LogP contribution in [0.15, 0.2) is 36.4 Å². The summed E-state index contributed by atoms with van der Waals surface area (Å²) in [6.45, 7) is 0. The van der Waals surface area contributed by atoms with E-state index in [9.17, 15) is 9.18 Å². The van der Waals surface area contributed by atoms with Crippen molar-refractivity contribution in [2.75, 3.05) is 0 Å². The highest BCUT2D eigenvalue weighted by atomic mass is 35.5.